The number of carboxylic acids is 1. The number of halogens is 1. The van der Waals surface area contributed by atoms with Crippen LogP contribution in [-0.2, 0) is 4.79 Å². The van der Waals surface area contributed by atoms with E-state index in [0.717, 1.165) is 31.5 Å². The first-order valence-electron chi connectivity index (χ1n) is 6.93. The second-order valence-electron chi connectivity index (χ2n) is 5.11. The second-order valence-corrected chi connectivity index (χ2v) is 5.11. The first-order chi connectivity index (χ1) is 9.99. The molecule has 0 saturated carbocycles. The number of hydrogen-bond acceptors (Lipinski definition) is 4. The number of carbonyl (C=O) groups excluding carboxylic acids is 1. The van der Waals surface area contributed by atoms with Crippen LogP contribution in [0.25, 0.3) is 0 Å². The predicted molar refractivity (Wildman–Crippen MR) is 74.7 cm³/mol. The Hall–Kier alpha value is -2.18. The zero-order chi connectivity index (χ0) is 15.4. The number of likely N-dealkylation sites (tertiary alicyclic amines) is 1. The monoisotopic (exact) mass is 295 g/mol. The summed E-state index contributed by atoms with van der Waals surface area (Å²) in [5.74, 6) is -2.12. The number of carbonyl (C=O) groups is 2. The van der Waals surface area contributed by atoms with Gasteiger partial charge >= 0.3 is 5.97 Å². The van der Waals surface area contributed by atoms with E-state index in [1.54, 1.807) is 11.8 Å². The minimum Gasteiger partial charge on any atom is -0.478 e. The summed E-state index contributed by atoms with van der Waals surface area (Å²) in [6.45, 7) is 3.08. The lowest BCUT2D eigenvalue weighted by atomic mass is 10.1. The molecule has 7 heteroatoms. The predicted octanol–water partition coefficient (Wildman–Crippen LogP) is 1.73. The van der Waals surface area contributed by atoms with E-state index in [1.165, 1.54) is 0 Å². The fourth-order valence-corrected chi connectivity index (χ4v) is 2.37. The maximum atomic E-state index is 13.1. The molecule has 0 aromatic carbocycles. The number of hydrogen-bond donors (Lipinski definition) is 2. The van der Waals surface area contributed by atoms with Crippen molar-refractivity contribution in [3.05, 3.63) is 23.6 Å². The zero-order valence-corrected chi connectivity index (χ0v) is 11.8. The summed E-state index contributed by atoms with van der Waals surface area (Å²) >= 11 is 0. The fraction of sp³-hybridized carbons (Fsp3) is 0.500. The number of nitrogens with zero attached hydrogens (tertiary/aromatic N) is 2. The Morgan fingerprint density at radius 3 is 2.67 bits per heavy atom. The molecule has 2 N–H and O–H groups in total. The molecule has 2 heterocycles. The number of anilines is 1. The first-order valence-corrected chi connectivity index (χ1v) is 6.93. The minimum atomic E-state index is -1.29. The lowest BCUT2D eigenvalue weighted by molar-refractivity contribution is -0.132. The number of piperidine rings is 1. The molecular formula is C14H18FN3O3. The van der Waals surface area contributed by atoms with Crippen molar-refractivity contribution < 1.29 is 19.1 Å². The van der Waals surface area contributed by atoms with Gasteiger partial charge in [0.05, 0.1) is 6.20 Å². The molecule has 1 aliphatic heterocycles. The Bertz CT molecular complexity index is 544. The van der Waals surface area contributed by atoms with Crippen molar-refractivity contribution in [1.82, 2.24) is 9.88 Å². The maximum Gasteiger partial charge on any atom is 0.339 e. The number of carboxylic acid groups (broad SMARTS) is 1. The third-order valence-electron chi connectivity index (χ3n) is 3.48. The number of rotatable bonds is 4. The van der Waals surface area contributed by atoms with Gasteiger partial charge in [-0.05, 0) is 32.3 Å². The Morgan fingerprint density at radius 2 is 2.05 bits per heavy atom. The van der Waals surface area contributed by atoms with Crippen LogP contribution in [0.1, 0.15) is 36.5 Å². The van der Waals surface area contributed by atoms with Crippen molar-refractivity contribution in [2.75, 3.05) is 18.4 Å². The summed E-state index contributed by atoms with van der Waals surface area (Å²) in [6.07, 6.45) is 4.00. The highest BCUT2D eigenvalue weighted by Crippen LogP contribution is 2.16. The van der Waals surface area contributed by atoms with Crippen molar-refractivity contribution in [2.24, 2.45) is 0 Å². The van der Waals surface area contributed by atoms with E-state index in [2.05, 4.69) is 10.3 Å². The third-order valence-corrected chi connectivity index (χ3v) is 3.48. The molecule has 21 heavy (non-hydrogen) atoms. The lowest BCUT2D eigenvalue weighted by Gasteiger charge is -2.29. The van der Waals surface area contributed by atoms with E-state index in [4.69, 9.17) is 5.11 Å². The SMILES string of the molecule is CC(Nc1ncc(F)cc1C(=O)O)C(=O)N1CCCCC1. The molecule has 0 aliphatic carbocycles. The quantitative estimate of drug-likeness (QED) is 0.884. The summed E-state index contributed by atoms with van der Waals surface area (Å²) in [7, 11) is 0. The van der Waals surface area contributed by atoms with Crippen molar-refractivity contribution in [3.63, 3.8) is 0 Å². The van der Waals surface area contributed by atoms with E-state index < -0.39 is 17.8 Å². The minimum absolute atomic E-state index is 0.00163. The number of aromatic carboxylic acids is 1. The van der Waals surface area contributed by atoms with Crippen molar-refractivity contribution in [2.45, 2.75) is 32.2 Å². The molecule has 1 aromatic rings. The average Bonchev–Trinajstić information content (AvgIpc) is 2.49. The molecule has 1 fully saturated rings. The fourth-order valence-electron chi connectivity index (χ4n) is 2.37. The highest BCUT2D eigenvalue weighted by molar-refractivity contribution is 5.94. The Morgan fingerprint density at radius 1 is 1.38 bits per heavy atom. The molecule has 0 radical (unpaired) electrons. The summed E-state index contributed by atoms with van der Waals surface area (Å²) in [6, 6.07) is 0.273. The van der Waals surface area contributed by atoms with Crippen LogP contribution in [0.5, 0.6) is 0 Å². The van der Waals surface area contributed by atoms with E-state index in [-0.39, 0.29) is 17.3 Å². The number of aromatic nitrogens is 1. The molecule has 1 aromatic heterocycles. The third kappa shape index (κ3) is 3.68. The van der Waals surface area contributed by atoms with Gasteiger partial charge in [0, 0.05) is 13.1 Å². The Balaban J connectivity index is 2.10. The Kier molecular flexibility index (Phi) is 4.72. The van der Waals surface area contributed by atoms with Crippen molar-refractivity contribution in [1.29, 1.82) is 0 Å². The van der Waals surface area contributed by atoms with Crippen molar-refractivity contribution >= 4 is 17.7 Å². The summed E-state index contributed by atoms with van der Waals surface area (Å²) in [5.41, 5.74) is -0.284. The van der Waals surface area contributed by atoms with Crippen LogP contribution >= 0.6 is 0 Å². The number of nitrogens with one attached hydrogen (secondary N) is 1. The smallest absolute Gasteiger partial charge is 0.339 e. The largest absolute Gasteiger partial charge is 0.478 e. The number of amides is 1. The van der Waals surface area contributed by atoms with Crippen LogP contribution < -0.4 is 5.32 Å². The average molecular weight is 295 g/mol. The molecular weight excluding hydrogens is 277 g/mol. The van der Waals surface area contributed by atoms with Crippen LogP contribution in [-0.4, -0.2) is 46.0 Å². The van der Waals surface area contributed by atoms with Gasteiger partial charge in [-0.3, -0.25) is 4.79 Å². The molecule has 1 aliphatic rings. The van der Waals surface area contributed by atoms with Crippen LogP contribution in [0.4, 0.5) is 10.2 Å². The molecule has 114 valence electrons. The molecule has 2 rings (SSSR count). The van der Waals surface area contributed by atoms with Gasteiger partial charge in [0.25, 0.3) is 0 Å². The molecule has 1 amide bonds. The summed E-state index contributed by atoms with van der Waals surface area (Å²) in [4.78, 5) is 28.8. The lowest BCUT2D eigenvalue weighted by Crippen LogP contribution is -2.44. The highest BCUT2D eigenvalue weighted by atomic mass is 19.1. The molecule has 1 saturated heterocycles. The van der Waals surface area contributed by atoms with Crippen molar-refractivity contribution in [3.8, 4) is 0 Å². The molecule has 0 spiro atoms. The molecule has 1 unspecified atom stereocenters. The van der Waals surface area contributed by atoms with E-state index in [0.29, 0.717) is 13.1 Å². The van der Waals surface area contributed by atoms with Gasteiger partial charge in [0.15, 0.2) is 0 Å². The van der Waals surface area contributed by atoms with Gasteiger partial charge in [-0.2, -0.15) is 0 Å². The van der Waals surface area contributed by atoms with Gasteiger partial charge in [-0.1, -0.05) is 0 Å². The Labute approximate surface area is 122 Å². The first kappa shape index (κ1) is 15.2. The van der Waals surface area contributed by atoms with Gasteiger partial charge in [-0.25, -0.2) is 14.2 Å². The topological polar surface area (TPSA) is 82.5 Å². The standard InChI is InChI=1S/C14H18FN3O3/c1-9(13(19)18-5-3-2-4-6-18)17-12-11(14(20)21)7-10(15)8-16-12/h7-9H,2-6H2,1H3,(H,16,17)(H,20,21). The van der Waals surface area contributed by atoms with Crippen LogP contribution in [0.3, 0.4) is 0 Å². The van der Waals surface area contributed by atoms with E-state index in [9.17, 15) is 14.0 Å². The van der Waals surface area contributed by atoms with E-state index >= 15 is 0 Å². The molecule has 0 bridgehead atoms. The van der Waals surface area contributed by atoms with Crippen LogP contribution in [0.15, 0.2) is 12.3 Å². The molecule has 1 atom stereocenters. The maximum absolute atomic E-state index is 13.1. The second kappa shape index (κ2) is 6.51. The highest BCUT2D eigenvalue weighted by Gasteiger charge is 2.24. The number of pyridine rings is 1. The van der Waals surface area contributed by atoms with Crippen LogP contribution in [0, 0.1) is 5.82 Å². The van der Waals surface area contributed by atoms with Gasteiger partial charge in [-0.15, -0.1) is 0 Å². The van der Waals surface area contributed by atoms with Gasteiger partial charge in [0.2, 0.25) is 5.91 Å². The zero-order valence-electron chi connectivity index (χ0n) is 11.8. The van der Waals surface area contributed by atoms with E-state index in [1.807, 2.05) is 0 Å². The van der Waals surface area contributed by atoms with Gasteiger partial charge < -0.3 is 15.3 Å². The van der Waals surface area contributed by atoms with Gasteiger partial charge in [0.1, 0.15) is 23.2 Å². The summed E-state index contributed by atoms with van der Waals surface area (Å²) < 4.78 is 13.1. The summed E-state index contributed by atoms with van der Waals surface area (Å²) in [5, 5.41) is 11.8. The van der Waals surface area contributed by atoms with Crippen LogP contribution in [0.2, 0.25) is 0 Å². The molecule has 6 nitrogen and oxygen atoms in total. The normalized spacial score (nSPS) is 16.4.